The Morgan fingerprint density at radius 2 is 2.00 bits per heavy atom. The maximum atomic E-state index is 13.7. The molecule has 1 saturated carbocycles. The molecule has 0 bridgehead atoms. The van der Waals surface area contributed by atoms with Crippen molar-refractivity contribution in [1.82, 2.24) is 15.0 Å². The van der Waals surface area contributed by atoms with Gasteiger partial charge in [-0.05, 0) is 18.9 Å². The van der Waals surface area contributed by atoms with Gasteiger partial charge in [0.1, 0.15) is 11.3 Å². The van der Waals surface area contributed by atoms with Crippen LogP contribution in [-0.4, -0.2) is 32.2 Å². The highest BCUT2D eigenvalue weighted by atomic mass is 19.1. The van der Waals surface area contributed by atoms with E-state index >= 15 is 0 Å². The monoisotopic (exact) mass is 249 g/mol. The zero-order valence-electron chi connectivity index (χ0n) is 9.75. The number of hydrogen-bond donors (Lipinski definition) is 2. The van der Waals surface area contributed by atoms with Crippen LogP contribution in [0.15, 0.2) is 12.1 Å². The minimum atomic E-state index is -1.83. The molecular weight excluding hydrogens is 236 g/mol. The van der Waals surface area contributed by atoms with E-state index in [9.17, 15) is 4.39 Å². The lowest BCUT2D eigenvalue weighted by Crippen LogP contribution is -2.32. The van der Waals surface area contributed by atoms with Gasteiger partial charge < -0.3 is 10.0 Å². The quantitative estimate of drug-likeness (QED) is 0.754. The first-order valence-electron chi connectivity index (χ1n) is 6.07. The van der Waals surface area contributed by atoms with Crippen molar-refractivity contribution in [2.75, 3.05) is 0 Å². The Bertz CT molecular complexity index is 581. The first-order valence-corrected chi connectivity index (χ1v) is 6.07. The van der Waals surface area contributed by atoms with Crippen molar-refractivity contribution in [2.45, 2.75) is 31.7 Å². The summed E-state index contributed by atoms with van der Waals surface area (Å²) in [7, 11) is -1.83. The predicted molar refractivity (Wildman–Crippen MR) is 64.8 cm³/mol. The number of hydrogen-bond acceptors (Lipinski definition) is 4. The van der Waals surface area contributed by atoms with E-state index in [0.717, 1.165) is 25.7 Å². The summed E-state index contributed by atoms with van der Waals surface area (Å²) in [4.78, 5) is 0. The van der Waals surface area contributed by atoms with Crippen LogP contribution in [0.3, 0.4) is 0 Å². The summed E-state index contributed by atoms with van der Waals surface area (Å²) in [6.07, 6.45) is 4.37. The Kier molecular flexibility index (Phi) is 2.79. The smallest absolute Gasteiger partial charge is 0.423 e. The molecule has 2 N–H and O–H groups in total. The molecule has 0 amide bonds. The first kappa shape index (κ1) is 11.6. The van der Waals surface area contributed by atoms with Gasteiger partial charge in [-0.25, -0.2) is 9.07 Å². The number of rotatable bonds is 2. The Balaban J connectivity index is 2.11. The van der Waals surface area contributed by atoms with Crippen molar-refractivity contribution in [1.29, 1.82) is 0 Å². The summed E-state index contributed by atoms with van der Waals surface area (Å²) >= 11 is 0. The number of halogens is 1. The lowest BCUT2D eigenvalue weighted by molar-refractivity contribution is 0.423. The van der Waals surface area contributed by atoms with E-state index < -0.39 is 12.9 Å². The normalized spacial score (nSPS) is 16.6. The van der Waals surface area contributed by atoms with Crippen LogP contribution in [-0.2, 0) is 0 Å². The molecule has 5 nitrogen and oxygen atoms in total. The Morgan fingerprint density at radius 3 is 2.67 bits per heavy atom. The SMILES string of the molecule is OB(O)c1cc2nnn(C3CCCC3)c2cc1F. The van der Waals surface area contributed by atoms with E-state index in [0.29, 0.717) is 11.0 Å². The van der Waals surface area contributed by atoms with Gasteiger partial charge in [0, 0.05) is 11.5 Å². The van der Waals surface area contributed by atoms with Crippen LogP contribution in [0.1, 0.15) is 31.7 Å². The highest BCUT2D eigenvalue weighted by Gasteiger charge is 2.23. The van der Waals surface area contributed by atoms with E-state index in [1.54, 1.807) is 4.68 Å². The van der Waals surface area contributed by atoms with Gasteiger partial charge >= 0.3 is 7.12 Å². The van der Waals surface area contributed by atoms with Crippen molar-refractivity contribution in [3.8, 4) is 0 Å². The standard InChI is InChI=1S/C11H13BFN3O2/c13-9-6-11-10(5-8(9)12(17)18)14-15-16(11)7-3-1-2-4-7/h5-7,17-18H,1-4H2. The lowest BCUT2D eigenvalue weighted by atomic mass is 9.79. The Hall–Kier alpha value is -1.47. The molecule has 1 aliphatic rings. The summed E-state index contributed by atoms with van der Waals surface area (Å²) in [5.74, 6) is -0.640. The maximum Gasteiger partial charge on any atom is 0.491 e. The number of aromatic nitrogens is 3. The highest BCUT2D eigenvalue weighted by Crippen LogP contribution is 2.30. The zero-order chi connectivity index (χ0) is 12.7. The molecule has 1 fully saturated rings. The molecule has 7 heteroatoms. The van der Waals surface area contributed by atoms with Gasteiger partial charge in [-0.3, -0.25) is 0 Å². The fourth-order valence-corrected chi connectivity index (χ4v) is 2.59. The summed E-state index contributed by atoms with van der Waals surface area (Å²) in [5, 5.41) is 26.1. The zero-order valence-corrected chi connectivity index (χ0v) is 9.75. The fourth-order valence-electron chi connectivity index (χ4n) is 2.59. The third kappa shape index (κ3) is 1.79. The third-order valence-corrected chi connectivity index (χ3v) is 3.54. The maximum absolute atomic E-state index is 13.7. The summed E-state index contributed by atoms with van der Waals surface area (Å²) in [6, 6.07) is 2.90. The second-order valence-corrected chi connectivity index (χ2v) is 4.71. The van der Waals surface area contributed by atoms with Crippen molar-refractivity contribution < 1.29 is 14.4 Å². The highest BCUT2D eigenvalue weighted by molar-refractivity contribution is 6.59. The van der Waals surface area contributed by atoms with Crippen LogP contribution in [0.2, 0.25) is 0 Å². The van der Waals surface area contributed by atoms with Crippen molar-refractivity contribution in [3.63, 3.8) is 0 Å². The molecule has 1 aromatic carbocycles. The predicted octanol–water partition coefficient (Wildman–Crippen LogP) is 0.365. The molecular formula is C11H13BFN3O2. The Morgan fingerprint density at radius 1 is 1.28 bits per heavy atom. The third-order valence-electron chi connectivity index (χ3n) is 3.54. The molecule has 0 spiro atoms. The topological polar surface area (TPSA) is 71.2 Å². The molecule has 1 heterocycles. The minimum Gasteiger partial charge on any atom is -0.423 e. The van der Waals surface area contributed by atoms with E-state index in [1.165, 1.54) is 12.1 Å². The molecule has 18 heavy (non-hydrogen) atoms. The molecule has 0 saturated heterocycles. The molecule has 1 aromatic heterocycles. The number of nitrogens with zero attached hydrogens (tertiary/aromatic N) is 3. The second kappa shape index (κ2) is 4.33. The Labute approximate surface area is 103 Å². The molecule has 3 rings (SSSR count). The van der Waals surface area contributed by atoms with Crippen LogP contribution in [0, 0.1) is 5.82 Å². The molecule has 0 atom stereocenters. The van der Waals surface area contributed by atoms with Gasteiger partial charge in [0.2, 0.25) is 0 Å². The van der Waals surface area contributed by atoms with E-state index in [-0.39, 0.29) is 11.5 Å². The summed E-state index contributed by atoms with van der Waals surface area (Å²) in [6.45, 7) is 0. The van der Waals surface area contributed by atoms with Gasteiger partial charge in [0.05, 0.1) is 11.6 Å². The van der Waals surface area contributed by atoms with Crippen LogP contribution < -0.4 is 5.46 Å². The molecule has 0 radical (unpaired) electrons. The largest absolute Gasteiger partial charge is 0.491 e. The van der Waals surface area contributed by atoms with Crippen LogP contribution in [0.5, 0.6) is 0 Å². The van der Waals surface area contributed by atoms with E-state index in [1.807, 2.05) is 0 Å². The van der Waals surface area contributed by atoms with Crippen molar-refractivity contribution in [3.05, 3.63) is 17.9 Å². The van der Waals surface area contributed by atoms with Crippen LogP contribution in [0.25, 0.3) is 11.0 Å². The fraction of sp³-hybridized carbons (Fsp3) is 0.455. The molecule has 2 aromatic rings. The second-order valence-electron chi connectivity index (χ2n) is 4.71. The minimum absolute atomic E-state index is 0.166. The number of fused-ring (bicyclic) bond motifs is 1. The van der Waals surface area contributed by atoms with Gasteiger partial charge in [0.15, 0.2) is 0 Å². The summed E-state index contributed by atoms with van der Waals surface area (Å²) < 4.78 is 15.5. The summed E-state index contributed by atoms with van der Waals surface area (Å²) in [5.41, 5.74) is 0.941. The molecule has 0 aliphatic heterocycles. The number of benzene rings is 1. The molecule has 1 aliphatic carbocycles. The van der Waals surface area contributed by atoms with Gasteiger partial charge in [-0.1, -0.05) is 18.1 Å². The van der Waals surface area contributed by atoms with Crippen molar-refractivity contribution >= 4 is 23.6 Å². The van der Waals surface area contributed by atoms with Crippen LogP contribution >= 0.6 is 0 Å². The van der Waals surface area contributed by atoms with Crippen molar-refractivity contribution in [2.24, 2.45) is 0 Å². The van der Waals surface area contributed by atoms with Crippen LogP contribution in [0.4, 0.5) is 4.39 Å². The lowest BCUT2D eigenvalue weighted by Gasteiger charge is -2.10. The van der Waals surface area contributed by atoms with E-state index in [4.69, 9.17) is 10.0 Å². The molecule has 0 unspecified atom stereocenters. The van der Waals surface area contributed by atoms with Gasteiger partial charge in [0.25, 0.3) is 0 Å². The van der Waals surface area contributed by atoms with E-state index in [2.05, 4.69) is 10.3 Å². The average Bonchev–Trinajstić information content (AvgIpc) is 2.94. The van der Waals surface area contributed by atoms with Gasteiger partial charge in [-0.2, -0.15) is 0 Å². The molecule has 94 valence electrons. The average molecular weight is 249 g/mol. The first-order chi connectivity index (χ1) is 8.66. The van der Waals surface area contributed by atoms with Gasteiger partial charge in [-0.15, -0.1) is 5.10 Å².